The number of carbonyl (C=O) groups is 1. The number of amides is 1. The Labute approximate surface area is 157 Å². The van der Waals surface area contributed by atoms with Gasteiger partial charge in [0, 0.05) is 13.1 Å². The van der Waals surface area contributed by atoms with Crippen LogP contribution < -0.4 is 16.2 Å². The Hall–Kier alpha value is -2.61. The van der Waals surface area contributed by atoms with Crippen molar-refractivity contribution in [3.05, 3.63) is 10.4 Å². The van der Waals surface area contributed by atoms with Crippen LogP contribution in [0.15, 0.2) is 4.79 Å². The lowest BCUT2D eigenvalue weighted by atomic mass is 10.1. The van der Waals surface area contributed by atoms with Crippen LogP contribution in [-0.4, -0.2) is 84.1 Å². The van der Waals surface area contributed by atoms with Crippen molar-refractivity contribution in [3.63, 3.8) is 0 Å². The maximum absolute atomic E-state index is 13.0. The maximum Gasteiger partial charge on any atom is 0.340 e. The molecule has 28 heavy (non-hydrogen) atoms. The second-order valence-corrected chi connectivity index (χ2v) is 6.89. The van der Waals surface area contributed by atoms with Crippen molar-refractivity contribution in [2.45, 2.75) is 43.8 Å². The molecule has 152 valence electrons. The van der Waals surface area contributed by atoms with Crippen molar-refractivity contribution < 1.29 is 24.9 Å². The molecule has 0 radical (unpaired) electrons. The van der Waals surface area contributed by atoms with E-state index in [2.05, 4.69) is 15.4 Å². The summed E-state index contributed by atoms with van der Waals surface area (Å²) in [6.45, 7) is 0.840. The molecule has 4 atom stereocenters. The Kier molecular flexibility index (Phi) is 4.74. The molecule has 2 aliphatic heterocycles. The molecule has 4 heterocycles. The number of hydrogen-bond acceptors (Lipinski definition) is 10. The summed E-state index contributed by atoms with van der Waals surface area (Å²) in [5, 5.41) is 41.3. The highest BCUT2D eigenvalue weighted by Gasteiger charge is 2.45. The SMILES string of the molecule is NC(=O)n1nc(N2CCCCC2)c2nnn(C3OC(CO)C(O)C3O)c(=O)c21. The zero-order valence-electron chi connectivity index (χ0n) is 14.9. The van der Waals surface area contributed by atoms with E-state index in [0.717, 1.165) is 23.9 Å². The van der Waals surface area contributed by atoms with Crippen LogP contribution in [-0.2, 0) is 4.74 Å². The minimum Gasteiger partial charge on any atom is -0.394 e. The first kappa shape index (κ1) is 18.7. The van der Waals surface area contributed by atoms with E-state index in [1.54, 1.807) is 0 Å². The first-order valence-electron chi connectivity index (χ1n) is 8.99. The minimum atomic E-state index is -1.52. The first-order valence-corrected chi connectivity index (χ1v) is 8.99. The molecule has 5 N–H and O–H groups in total. The van der Waals surface area contributed by atoms with Gasteiger partial charge in [0.1, 0.15) is 18.3 Å². The van der Waals surface area contributed by atoms with E-state index in [1.807, 2.05) is 4.90 Å². The average molecular weight is 395 g/mol. The molecule has 0 bridgehead atoms. The molecule has 2 saturated heterocycles. The third kappa shape index (κ3) is 2.83. The highest BCUT2D eigenvalue weighted by Crippen LogP contribution is 2.29. The normalized spacial score (nSPS) is 28.2. The van der Waals surface area contributed by atoms with Gasteiger partial charge in [-0.05, 0) is 19.3 Å². The Bertz CT molecular complexity index is 952. The number of primary amides is 1. The molecule has 2 aliphatic rings. The van der Waals surface area contributed by atoms with Crippen LogP contribution in [0.1, 0.15) is 25.5 Å². The number of carbonyl (C=O) groups excluding carboxylic acids is 1. The molecule has 0 aromatic carbocycles. The molecule has 2 aromatic rings. The average Bonchev–Trinajstić information content (AvgIpc) is 3.22. The number of aliphatic hydroxyl groups is 3. The predicted octanol–water partition coefficient (Wildman–Crippen LogP) is -2.48. The van der Waals surface area contributed by atoms with Gasteiger partial charge < -0.3 is 30.7 Å². The number of rotatable bonds is 3. The topological polar surface area (TPSA) is 182 Å². The summed E-state index contributed by atoms with van der Waals surface area (Å²) in [5.74, 6) is 0.339. The standard InChI is InChI=1S/C15H21N7O6/c16-15(27)21-9-8(12(18-21)20-4-2-1-3-5-20)17-19-22(13(9)26)14-11(25)10(24)7(6-23)28-14/h7,10-11,14,23-25H,1-6H2,(H2,16,27). The van der Waals surface area contributed by atoms with Crippen molar-refractivity contribution >= 4 is 22.9 Å². The Morgan fingerprint density at radius 2 is 1.93 bits per heavy atom. The van der Waals surface area contributed by atoms with E-state index in [1.165, 1.54) is 0 Å². The zero-order valence-corrected chi connectivity index (χ0v) is 14.9. The summed E-state index contributed by atoms with van der Waals surface area (Å²) in [6, 6.07) is -0.967. The zero-order chi connectivity index (χ0) is 20.0. The molecule has 4 unspecified atom stereocenters. The van der Waals surface area contributed by atoms with Gasteiger partial charge in [0.2, 0.25) is 0 Å². The lowest BCUT2D eigenvalue weighted by molar-refractivity contribution is -0.0619. The molecular weight excluding hydrogens is 374 g/mol. The summed E-state index contributed by atoms with van der Waals surface area (Å²) in [6.07, 6.45) is -2.44. The van der Waals surface area contributed by atoms with Crippen molar-refractivity contribution in [3.8, 4) is 0 Å². The molecule has 0 saturated carbocycles. The van der Waals surface area contributed by atoms with Gasteiger partial charge in [-0.1, -0.05) is 5.21 Å². The lowest BCUT2D eigenvalue weighted by Gasteiger charge is -2.26. The molecule has 0 spiro atoms. The number of nitrogens with two attached hydrogens (primary N) is 1. The fourth-order valence-corrected chi connectivity index (χ4v) is 3.65. The second-order valence-electron chi connectivity index (χ2n) is 6.89. The third-order valence-corrected chi connectivity index (χ3v) is 5.12. The van der Waals surface area contributed by atoms with E-state index in [4.69, 9.17) is 10.5 Å². The van der Waals surface area contributed by atoms with Crippen molar-refractivity contribution in [2.75, 3.05) is 24.6 Å². The minimum absolute atomic E-state index is 0.119. The number of aliphatic hydroxyl groups excluding tert-OH is 3. The van der Waals surface area contributed by atoms with Gasteiger partial charge in [-0.2, -0.15) is 9.36 Å². The van der Waals surface area contributed by atoms with E-state index in [9.17, 15) is 24.9 Å². The van der Waals surface area contributed by atoms with Gasteiger partial charge in [0.25, 0.3) is 5.56 Å². The summed E-state index contributed by atoms with van der Waals surface area (Å²) in [7, 11) is 0. The maximum atomic E-state index is 13.0. The van der Waals surface area contributed by atoms with Gasteiger partial charge in [-0.25, -0.2) is 4.79 Å². The summed E-state index contributed by atoms with van der Waals surface area (Å²) < 4.78 is 6.80. The van der Waals surface area contributed by atoms with Gasteiger partial charge in [0.05, 0.1) is 6.61 Å². The summed E-state index contributed by atoms with van der Waals surface area (Å²) in [4.78, 5) is 26.8. The summed E-state index contributed by atoms with van der Waals surface area (Å²) in [5.41, 5.74) is 4.50. The number of nitrogens with zero attached hydrogens (tertiary/aromatic N) is 6. The molecule has 1 amide bonds. The number of fused-ring (bicyclic) bond motifs is 1. The molecular formula is C15H21N7O6. The molecule has 2 aromatic heterocycles. The van der Waals surface area contributed by atoms with E-state index in [-0.39, 0.29) is 11.0 Å². The fourth-order valence-electron chi connectivity index (χ4n) is 3.65. The van der Waals surface area contributed by atoms with E-state index < -0.39 is 42.7 Å². The van der Waals surface area contributed by atoms with Crippen LogP contribution in [0.2, 0.25) is 0 Å². The fraction of sp³-hybridized carbons (Fsp3) is 0.667. The van der Waals surface area contributed by atoms with E-state index in [0.29, 0.717) is 23.6 Å². The monoisotopic (exact) mass is 395 g/mol. The van der Waals surface area contributed by atoms with Crippen LogP contribution in [0, 0.1) is 0 Å². The van der Waals surface area contributed by atoms with Gasteiger partial charge in [0.15, 0.2) is 23.1 Å². The van der Waals surface area contributed by atoms with Crippen LogP contribution in [0.5, 0.6) is 0 Å². The number of anilines is 1. The van der Waals surface area contributed by atoms with Crippen molar-refractivity contribution in [1.29, 1.82) is 0 Å². The first-order chi connectivity index (χ1) is 13.4. The highest BCUT2D eigenvalue weighted by atomic mass is 16.6. The van der Waals surface area contributed by atoms with Crippen LogP contribution in [0.25, 0.3) is 11.0 Å². The number of hydrogen-bond donors (Lipinski definition) is 4. The Morgan fingerprint density at radius 3 is 2.54 bits per heavy atom. The Morgan fingerprint density at radius 1 is 1.21 bits per heavy atom. The molecule has 0 aliphatic carbocycles. The van der Waals surface area contributed by atoms with Gasteiger partial charge >= 0.3 is 6.03 Å². The number of piperidine rings is 1. The third-order valence-electron chi connectivity index (χ3n) is 5.12. The molecule has 2 fully saturated rings. The van der Waals surface area contributed by atoms with Crippen LogP contribution in [0.3, 0.4) is 0 Å². The van der Waals surface area contributed by atoms with Gasteiger partial charge in [-0.3, -0.25) is 4.79 Å². The second kappa shape index (κ2) is 7.09. The molecule has 13 heteroatoms. The lowest BCUT2D eigenvalue weighted by Crippen LogP contribution is -2.37. The van der Waals surface area contributed by atoms with Crippen molar-refractivity contribution in [2.24, 2.45) is 5.73 Å². The van der Waals surface area contributed by atoms with Crippen LogP contribution in [0.4, 0.5) is 10.6 Å². The largest absolute Gasteiger partial charge is 0.394 e. The van der Waals surface area contributed by atoms with Crippen LogP contribution >= 0.6 is 0 Å². The number of aromatic nitrogens is 5. The predicted molar refractivity (Wildman–Crippen MR) is 93.6 cm³/mol. The van der Waals surface area contributed by atoms with E-state index >= 15 is 0 Å². The molecule has 4 rings (SSSR count). The van der Waals surface area contributed by atoms with Crippen molar-refractivity contribution in [1.82, 2.24) is 24.8 Å². The molecule has 13 nitrogen and oxygen atoms in total. The Balaban J connectivity index is 1.84. The van der Waals surface area contributed by atoms with Gasteiger partial charge in [-0.15, -0.1) is 10.2 Å². The summed E-state index contributed by atoms with van der Waals surface area (Å²) >= 11 is 0. The smallest absolute Gasteiger partial charge is 0.340 e. The quantitative estimate of drug-likeness (QED) is 0.434. The number of ether oxygens (including phenoxy) is 1. The highest BCUT2D eigenvalue weighted by molar-refractivity contribution is 5.93.